The average molecular weight is 231 g/mol. The quantitative estimate of drug-likeness (QED) is 0.616. The van der Waals surface area contributed by atoms with Crippen molar-refractivity contribution in [1.29, 1.82) is 0 Å². The third-order valence-corrected chi connectivity index (χ3v) is 2.39. The van der Waals surface area contributed by atoms with E-state index in [-0.39, 0.29) is 22.8 Å². The second-order valence-electron chi connectivity index (χ2n) is 3.61. The van der Waals surface area contributed by atoms with Gasteiger partial charge in [-0.2, -0.15) is 0 Å². The zero-order chi connectivity index (χ0) is 12.4. The standard InChI is InChI=1S/C13H10FNO2/c14-9-3-6-12(15)11(7-9)13(17)8-1-4-10(16)5-2-8/h1-7,16H,15H2. The molecule has 0 aliphatic rings. The fourth-order valence-electron chi connectivity index (χ4n) is 1.49. The number of anilines is 1. The van der Waals surface area contributed by atoms with Gasteiger partial charge in [-0.15, -0.1) is 0 Å². The van der Waals surface area contributed by atoms with Crippen LogP contribution in [0.1, 0.15) is 15.9 Å². The molecule has 3 nitrogen and oxygen atoms in total. The zero-order valence-corrected chi connectivity index (χ0v) is 8.85. The number of ketones is 1. The number of phenolic OH excluding ortho intramolecular Hbond substituents is 1. The maximum absolute atomic E-state index is 13.0. The highest BCUT2D eigenvalue weighted by Gasteiger charge is 2.13. The molecule has 0 aliphatic carbocycles. The first-order valence-corrected chi connectivity index (χ1v) is 4.96. The van der Waals surface area contributed by atoms with Gasteiger partial charge >= 0.3 is 0 Å². The summed E-state index contributed by atoms with van der Waals surface area (Å²) in [6.07, 6.45) is 0. The lowest BCUT2D eigenvalue weighted by Gasteiger charge is -2.05. The molecule has 17 heavy (non-hydrogen) atoms. The second-order valence-corrected chi connectivity index (χ2v) is 3.61. The first-order chi connectivity index (χ1) is 8.08. The molecule has 0 radical (unpaired) electrons. The number of rotatable bonds is 2. The van der Waals surface area contributed by atoms with Crippen molar-refractivity contribution in [3.8, 4) is 5.75 Å². The highest BCUT2D eigenvalue weighted by Crippen LogP contribution is 2.19. The van der Waals surface area contributed by atoms with Crippen molar-refractivity contribution in [3.05, 3.63) is 59.4 Å². The van der Waals surface area contributed by atoms with Crippen LogP contribution < -0.4 is 5.73 Å². The van der Waals surface area contributed by atoms with Gasteiger partial charge < -0.3 is 10.8 Å². The molecule has 3 N–H and O–H groups in total. The van der Waals surface area contributed by atoms with Crippen molar-refractivity contribution in [2.75, 3.05) is 5.73 Å². The van der Waals surface area contributed by atoms with Crippen LogP contribution in [0.4, 0.5) is 10.1 Å². The molecule has 0 fully saturated rings. The number of hydrogen-bond acceptors (Lipinski definition) is 3. The van der Waals surface area contributed by atoms with E-state index in [0.29, 0.717) is 5.56 Å². The lowest BCUT2D eigenvalue weighted by molar-refractivity contribution is 0.103. The Labute approximate surface area is 97.3 Å². The van der Waals surface area contributed by atoms with Crippen molar-refractivity contribution < 1.29 is 14.3 Å². The van der Waals surface area contributed by atoms with E-state index in [1.54, 1.807) is 0 Å². The Morgan fingerprint density at radius 2 is 1.76 bits per heavy atom. The molecule has 0 unspecified atom stereocenters. The number of phenols is 1. The second kappa shape index (κ2) is 4.25. The Morgan fingerprint density at radius 1 is 1.12 bits per heavy atom. The Balaban J connectivity index is 2.43. The molecular weight excluding hydrogens is 221 g/mol. The topological polar surface area (TPSA) is 63.3 Å². The zero-order valence-electron chi connectivity index (χ0n) is 8.85. The summed E-state index contributed by atoms with van der Waals surface area (Å²) in [5.74, 6) is -0.822. The van der Waals surface area contributed by atoms with Crippen LogP contribution in [0.2, 0.25) is 0 Å². The van der Waals surface area contributed by atoms with E-state index in [1.807, 2.05) is 0 Å². The molecule has 2 aromatic carbocycles. The van der Waals surface area contributed by atoms with E-state index in [2.05, 4.69) is 0 Å². The minimum Gasteiger partial charge on any atom is -0.508 e. The smallest absolute Gasteiger partial charge is 0.195 e. The summed E-state index contributed by atoms with van der Waals surface area (Å²) in [6, 6.07) is 9.35. The van der Waals surface area contributed by atoms with Crippen molar-refractivity contribution in [2.45, 2.75) is 0 Å². The van der Waals surface area contributed by atoms with Crippen LogP contribution in [0, 0.1) is 5.82 Å². The third kappa shape index (κ3) is 2.25. The molecule has 0 bridgehead atoms. The Hall–Kier alpha value is -2.36. The van der Waals surface area contributed by atoms with Gasteiger partial charge in [-0.1, -0.05) is 0 Å². The van der Waals surface area contributed by atoms with Crippen LogP contribution in [0.15, 0.2) is 42.5 Å². The molecule has 0 amide bonds. The van der Waals surface area contributed by atoms with Crippen LogP contribution in [-0.2, 0) is 0 Å². The summed E-state index contributed by atoms with van der Waals surface area (Å²) >= 11 is 0. The molecule has 0 atom stereocenters. The fraction of sp³-hybridized carbons (Fsp3) is 0. The van der Waals surface area contributed by atoms with Crippen molar-refractivity contribution in [3.63, 3.8) is 0 Å². The van der Waals surface area contributed by atoms with Crippen molar-refractivity contribution >= 4 is 11.5 Å². The SMILES string of the molecule is Nc1ccc(F)cc1C(=O)c1ccc(O)cc1. The Morgan fingerprint density at radius 3 is 2.41 bits per heavy atom. The van der Waals surface area contributed by atoms with E-state index >= 15 is 0 Å². The first-order valence-electron chi connectivity index (χ1n) is 4.96. The number of halogens is 1. The van der Waals surface area contributed by atoms with E-state index in [1.165, 1.54) is 36.4 Å². The summed E-state index contributed by atoms with van der Waals surface area (Å²) in [7, 11) is 0. The Kier molecular flexibility index (Phi) is 2.78. The molecule has 2 aromatic rings. The molecule has 0 spiro atoms. The third-order valence-electron chi connectivity index (χ3n) is 2.39. The van der Waals surface area contributed by atoms with Crippen LogP contribution >= 0.6 is 0 Å². The molecular formula is C13H10FNO2. The minimum absolute atomic E-state index is 0.0637. The van der Waals surface area contributed by atoms with E-state index in [4.69, 9.17) is 10.8 Å². The summed E-state index contributed by atoms with van der Waals surface area (Å²) in [5, 5.41) is 9.11. The fourth-order valence-corrected chi connectivity index (χ4v) is 1.49. The van der Waals surface area contributed by atoms with Gasteiger partial charge in [-0.25, -0.2) is 4.39 Å². The van der Waals surface area contributed by atoms with Crippen LogP contribution in [0.3, 0.4) is 0 Å². The molecule has 4 heteroatoms. The number of aromatic hydroxyl groups is 1. The van der Waals surface area contributed by atoms with Gasteiger partial charge in [-0.05, 0) is 42.5 Å². The summed E-state index contributed by atoms with van der Waals surface area (Å²) in [6.45, 7) is 0. The van der Waals surface area contributed by atoms with Crippen LogP contribution in [0.5, 0.6) is 5.75 Å². The van der Waals surface area contributed by atoms with Gasteiger partial charge in [0.15, 0.2) is 5.78 Å². The number of nitrogens with two attached hydrogens (primary N) is 1. The van der Waals surface area contributed by atoms with Gasteiger partial charge in [0.05, 0.1) is 0 Å². The predicted molar refractivity (Wildman–Crippen MR) is 62.4 cm³/mol. The average Bonchev–Trinajstić information content (AvgIpc) is 2.32. The maximum Gasteiger partial charge on any atom is 0.195 e. The molecule has 0 aromatic heterocycles. The summed E-state index contributed by atoms with van der Waals surface area (Å²) in [4.78, 5) is 12.0. The molecule has 0 saturated heterocycles. The van der Waals surface area contributed by atoms with E-state index in [0.717, 1.165) is 6.07 Å². The normalized spacial score (nSPS) is 10.2. The van der Waals surface area contributed by atoms with E-state index < -0.39 is 5.82 Å². The molecule has 86 valence electrons. The highest BCUT2D eigenvalue weighted by molar-refractivity contribution is 6.12. The number of nitrogen functional groups attached to an aromatic ring is 1. The number of carbonyl (C=O) groups is 1. The van der Waals surface area contributed by atoms with Crippen LogP contribution in [-0.4, -0.2) is 10.9 Å². The van der Waals surface area contributed by atoms with Gasteiger partial charge in [0.2, 0.25) is 0 Å². The first kappa shape index (κ1) is 11.1. The maximum atomic E-state index is 13.0. The summed E-state index contributed by atoms with van der Waals surface area (Å²) in [5.41, 5.74) is 6.32. The molecule has 2 rings (SSSR count). The minimum atomic E-state index is -0.513. The largest absolute Gasteiger partial charge is 0.508 e. The van der Waals surface area contributed by atoms with Crippen molar-refractivity contribution in [2.24, 2.45) is 0 Å². The number of carbonyl (C=O) groups excluding carboxylic acids is 1. The van der Waals surface area contributed by atoms with Gasteiger partial charge in [0.25, 0.3) is 0 Å². The molecule has 0 saturated carbocycles. The van der Waals surface area contributed by atoms with E-state index in [9.17, 15) is 9.18 Å². The Bertz CT molecular complexity index is 564. The predicted octanol–water partition coefficient (Wildman–Crippen LogP) is 2.34. The lowest BCUT2D eigenvalue weighted by atomic mass is 10.0. The molecule has 0 aliphatic heterocycles. The monoisotopic (exact) mass is 231 g/mol. The van der Waals surface area contributed by atoms with Gasteiger partial charge in [0, 0.05) is 16.8 Å². The number of benzene rings is 2. The van der Waals surface area contributed by atoms with Crippen LogP contribution in [0.25, 0.3) is 0 Å². The number of hydrogen-bond donors (Lipinski definition) is 2. The van der Waals surface area contributed by atoms with Gasteiger partial charge in [0.1, 0.15) is 11.6 Å². The molecule has 0 heterocycles. The lowest BCUT2D eigenvalue weighted by Crippen LogP contribution is -2.05. The van der Waals surface area contributed by atoms with Gasteiger partial charge in [-0.3, -0.25) is 4.79 Å². The van der Waals surface area contributed by atoms with Crippen molar-refractivity contribution in [1.82, 2.24) is 0 Å². The summed E-state index contributed by atoms with van der Waals surface area (Å²) < 4.78 is 13.0. The highest BCUT2D eigenvalue weighted by atomic mass is 19.1.